The number of nitrogens with one attached hydrogen (secondary N) is 1. The summed E-state index contributed by atoms with van der Waals surface area (Å²) in [6, 6.07) is 23.2. The van der Waals surface area contributed by atoms with Crippen molar-refractivity contribution in [2.75, 3.05) is 45.7 Å². The number of amides is 2. The number of imidazole rings is 1. The molecule has 2 amide bonds. The number of aromatic nitrogens is 2. The number of carbonyl (C=O) groups excluding carboxylic acids is 2. The molecule has 1 N–H and O–H groups in total. The van der Waals surface area contributed by atoms with Crippen LogP contribution in [0, 0.1) is 0 Å². The lowest BCUT2D eigenvalue weighted by Gasteiger charge is -2.32. The highest BCUT2D eigenvalue weighted by atomic mass is 16.5. The molecular formula is C29H31N5O3. The van der Waals surface area contributed by atoms with Crippen LogP contribution in [0.25, 0.3) is 16.7 Å². The Morgan fingerprint density at radius 3 is 2.43 bits per heavy atom. The van der Waals surface area contributed by atoms with E-state index < -0.39 is 0 Å². The molecule has 4 aromatic rings. The van der Waals surface area contributed by atoms with Gasteiger partial charge in [-0.3, -0.25) is 14.2 Å². The van der Waals surface area contributed by atoms with Crippen LogP contribution in [0.1, 0.15) is 22.6 Å². The van der Waals surface area contributed by atoms with Crippen LogP contribution >= 0.6 is 0 Å². The second kappa shape index (κ2) is 10.8. The first-order chi connectivity index (χ1) is 18.0. The van der Waals surface area contributed by atoms with Gasteiger partial charge in [-0.1, -0.05) is 30.3 Å². The van der Waals surface area contributed by atoms with E-state index in [9.17, 15) is 9.59 Å². The van der Waals surface area contributed by atoms with Crippen molar-refractivity contribution in [1.82, 2.24) is 19.4 Å². The largest absolute Gasteiger partial charge is 0.495 e. The summed E-state index contributed by atoms with van der Waals surface area (Å²) in [5.74, 6) is 1.12. The SMILES string of the molecule is COc1ccc(C(=O)N2CCN(C)CC2)cc1NC(=O)CCc1nc2ccccc2n1-c1ccccc1. The molecule has 1 aromatic heterocycles. The van der Waals surface area contributed by atoms with Crippen LogP contribution in [0.5, 0.6) is 5.75 Å². The summed E-state index contributed by atoms with van der Waals surface area (Å²) in [6.45, 7) is 3.06. The highest BCUT2D eigenvalue weighted by Gasteiger charge is 2.22. The first-order valence-electron chi connectivity index (χ1n) is 12.5. The average Bonchev–Trinajstić information content (AvgIpc) is 3.31. The summed E-state index contributed by atoms with van der Waals surface area (Å²) < 4.78 is 7.55. The Bertz CT molecular complexity index is 1410. The van der Waals surface area contributed by atoms with Crippen molar-refractivity contribution >= 4 is 28.5 Å². The molecule has 37 heavy (non-hydrogen) atoms. The number of methoxy groups -OCH3 is 1. The number of hydrogen-bond donors (Lipinski definition) is 1. The molecule has 1 saturated heterocycles. The summed E-state index contributed by atoms with van der Waals surface area (Å²) in [4.78, 5) is 34.9. The van der Waals surface area contributed by atoms with Gasteiger partial charge in [0.15, 0.2) is 0 Å². The van der Waals surface area contributed by atoms with Gasteiger partial charge in [-0.25, -0.2) is 4.98 Å². The second-order valence-corrected chi connectivity index (χ2v) is 9.25. The summed E-state index contributed by atoms with van der Waals surface area (Å²) in [6.07, 6.45) is 0.688. The van der Waals surface area contributed by atoms with E-state index in [1.165, 1.54) is 0 Å². The third-order valence-corrected chi connectivity index (χ3v) is 6.73. The van der Waals surface area contributed by atoms with Gasteiger partial charge in [-0.2, -0.15) is 0 Å². The first kappa shape index (κ1) is 24.5. The molecule has 0 radical (unpaired) electrons. The number of ether oxygens (including phenoxy) is 1. The van der Waals surface area contributed by atoms with Crippen molar-refractivity contribution in [3.8, 4) is 11.4 Å². The zero-order valence-corrected chi connectivity index (χ0v) is 21.2. The number of piperazine rings is 1. The number of fused-ring (bicyclic) bond motifs is 1. The number of likely N-dealkylation sites (N-methyl/N-ethyl adjacent to an activating group) is 1. The normalized spacial score (nSPS) is 14.1. The predicted octanol–water partition coefficient (Wildman–Crippen LogP) is 3.99. The Balaban J connectivity index is 1.32. The Kier molecular flexibility index (Phi) is 7.18. The van der Waals surface area contributed by atoms with Gasteiger partial charge in [0, 0.05) is 50.3 Å². The molecule has 5 rings (SSSR count). The van der Waals surface area contributed by atoms with Gasteiger partial charge in [0.1, 0.15) is 11.6 Å². The molecule has 0 atom stereocenters. The maximum atomic E-state index is 13.1. The smallest absolute Gasteiger partial charge is 0.254 e. The van der Waals surface area contributed by atoms with E-state index in [2.05, 4.69) is 21.8 Å². The van der Waals surface area contributed by atoms with Crippen molar-refractivity contribution in [3.63, 3.8) is 0 Å². The van der Waals surface area contributed by atoms with E-state index in [-0.39, 0.29) is 18.2 Å². The third kappa shape index (κ3) is 5.34. The van der Waals surface area contributed by atoms with E-state index >= 15 is 0 Å². The van der Waals surface area contributed by atoms with E-state index in [1.54, 1.807) is 25.3 Å². The van der Waals surface area contributed by atoms with Crippen molar-refractivity contribution in [1.29, 1.82) is 0 Å². The van der Waals surface area contributed by atoms with Gasteiger partial charge in [-0.05, 0) is 49.5 Å². The minimum absolute atomic E-state index is 0.0390. The Labute approximate surface area is 216 Å². The highest BCUT2D eigenvalue weighted by molar-refractivity contribution is 5.98. The molecular weight excluding hydrogens is 466 g/mol. The van der Waals surface area contributed by atoms with E-state index in [4.69, 9.17) is 9.72 Å². The lowest BCUT2D eigenvalue weighted by atomic mass is 10.1. The average molecular weight is 498 g/mol. The molecule has 0 bridgehead atoms. The predicted molar refractivity (Wildman–Crippen MR) is 144 cm³/mol. The van der Waals surface area contributed by atoms with Crippen molar-refractivity contribution < 1.29 is 14.3 Å². The van der Waals surface area contributed by atoms with Crippen LogP contribution in [-0.4, -0.2) is 71.5 Å². The van der Waals surface area contributed by atoms with Gasteiger partial charge in [0.05, 0.1) is 23.8 Å². The molecule has 8 heteroatoms. The van der Waals surface area contributed by atoms with E-state index in [0.717, 1.165) is 35.6 Å². The lowest BCUT2D eigenvalue weighted by molar-refractivity contribution is -0.116. The van der Waals surface area contributed by atoms with Crippen LogP contribution in [0.3, 0.4) is 0 Å². The van der Waals surface area contributed by atoms with Gasteiger partial charge < -0.3 is 19.9 Å². The molecule has 1 aliphatic rings. The summed E-state index contributed by atoms with van der Waals surface area (Å²) in [5.41, 5.74) is 3.92. The monoisotopic (exact) mass is 497 g/mol. The minimum Gasteiger partial charge on any atom is -0.495 e. The molecule has 3 aromatic carbocycles. The van der Waals surface area contributed by atoms with Gasteiger partial charge in [-0.15, -0.1) is 0 Å². The topological polar surface area (TPSA) is 79.7 Å². The summed E-state index contributed by atoms with van der Waals surface area (Å²) >= 11 is 0. The van der Waals surface area contributed by atoms with Gasteiger partial charge in [0.2, 0.25) is 5.91 Å². The Hall–Kier alpha value is -4.17. The van der Waals surface area contributed by atoms with Crippen LogP contribution in [0.15, 0.2) is 72.8 Å². The van der Waals surface area contributed by atoms with E-state index in [0.29, 0.717) is 36.5 Å². The number of carbonyl (C=O) groups is 2. The summed E-state index contributed by atoms with van der Waals surface area (Å²) in [7, 11) is 3.60. The van der Waals surface area contributed by atoms with E-state index in [1.807, 2.05) is 59.5 Å². The molecule has 0 aliphatic carbocycles. The summed E-state index contributed by atoms with van der Waals surface area (Å²) in [5, 5.41) is 2.95. The van der Waals surface area contributed by atoms with Gasteiger partial charge in [0.25, 0.3) is 5.91 Å². The number of hydrogen-bond acceptors (Lipinski definition) is 5. The number of anilines is 1. The first-order valence-corrected chi connectivity index (χ1v) is 12.5. The quantitative estimate of drug-likeness (QED) is 0.418. The van der Waals surface area contributed by atoms with Gasteiger partial charge >= 0.3 is 0 Å². The maximum Gasteiger partial charge on any atom is 0.254 e. The third-order valence-electron chi connectivity index (χ3n) is 6.73. The van der Waals surface area contributed by atoms with Crippen molar-refractivity contribution in [2.45, 2.75) is 12.8 Å². The number of rotatable bonds is 7. The molecule has 0 saturated carbocycles. The molecule has 2 heterocycles. The number of aryl methyl sites for hydroxylation is 1. The Morgan fingerprint density at radius 1 is 0.946 bits per heavy atom. The fourth-order valence-electron chi connectivity index (χ4n) is 4.68. The standard InChI is InChI=1S/C29H31N5O3/c1-32-16-18-33(19-17-32)29(36)21-12-13-26(37-2)24(20-21)31-28(35)15-14-27-30-23-10-6-7-11-25(23)34(27)22-8-4-3-5-9-22/h3-13,20H,14-19H2,1-2H3,(H,31,35). The molecule has 8 nitrogen and oxygen atoms in total. The number of nitrogens with zero attached hydrogens (tertiary/aromatic N) is 4. The van der Waals surface area contributed by atoms with Crippen LogP contribution in [0.4, 0.5) is 5.69 Å². The zero-order valence-electron chi connectivity index (χ0n) is 21.2. The molecule has 1 aliphatic heterocycles. The molecule has 190 valence electrons. The number of para-hydroxylation sites is 3. The second-order valence-electron chi connectivity index (χ2n) is 9.25. The molecule has 0 unspecified atom stereocenters. The fourth-order valence-corrected chi connectivity index (χ4v) is 4.68. The minimum atomic E-state index is -0.172. The number of benzene rings is 3. The molecule has 1 fully saturated rings. The Morgan fingerprint density at radius 2 is 1.68 bits per heavy atom. The van der Waals surface area contributed by atoms with Crippen LogP contribution in [0.2, 0.25) is 0 Å². The van der Waals surface area contributed by atoms with Crippen LogP contribution in [-0.2, 0) is 11.2 Å². The van der Waals surface area contributed by atoms with Crippen molar-refractivity contribution in [2.24, 2.45) is 0 Å². The van der Waals surface area contributed by atoms with Crippen LogP contribution < -0.4 is 10.1 Å². The fraction of sp³-hybridized carbons (Fsp3) is 0.276. The molecule has 0 spiro atoms. The maximum absolute atomic E-state index is 13.1. The highest BCUT2D eigenvalue weighted by Crippen LogP contribution is 2.27. The van der Waals surface area contributed by atoms with Crippen molar-refractivity contribution in [3.05, 3.63) is 84.2 Å². The lowest BCUT2D eigenvalue weighted by Crippen LogP contribution is -2.47. The zero-order chi connectivity index (χ0) is 25.8.